The Balaban J connectivity index is 1.10. The third kappa shape index (κ3) is 1.11. The molecule has 0 radical (unpaired) electrons. The molecule has 38 heavy (non-hydrogen) atoms. The van der Waals surface area contributed by atoms with Crippen LogP contribution < -0.4 is 5.73 Å². The summed E-state index contributed by atoms with van der Waals surface area (Å²) in [6, 6.07) is 5.26. The second kappa shape index (κ2) is 4.58. The Morgan fingerprint density at radius 3 is 1.74 bits per heavy atom. The molecule has 26 atom stereocenters. The smallest absolute Gasteiger partial charge is 0.223 e. The van der Waals surface area contributed by atoms with Crippen molar-refractivity contribution in [1.82, 2.24) is 9.80 Å². The maximum atomic E-state index is 5.94. The summed E-state index contributed by atoms with van der Waals surface area (Å²) < 4.78 is 2.92. The van der Waals surface area contributed by atoms with E-state index in [9.17, 15) is 0 Å². The van der Waals surface area contributed by atoms with E-state index in [0.717, 1.165) is 126 Å². The van der Waals surface area contributed by atoms with Crippen LogP contribution in [0.5, 0.6) is 0 Å². The zero-order chi connectivity index (χ0) is 23.7. The molecule has 6 saturated heterocycles. The highest BCUT2D eigenvalue weighted by atomic mass is 15.7. The summed E-state index contributed by atoms with van der Waals surface area (Å²) in [5.74, 6) is 17.4. The highest BCUT2D eigenvalue weighted by molar-refractivity contribution is 5.66. The van der Waals surface area contributed by atoms with Crippen LogP contribution in [0.15, 0.2) is 29.8 Å². The summed E-state index contributed by atoms with van der Waals surface area (Å²) in [6.07, 6.45) is 14.5. The van der Waals surface area contributed by atoms with Crippen molar-refractivity contribution in [3.8, 4) is 0 Å². The van der Waals surface area contributed by atoms with Crippen molar-refractivity contribution in [3.05, 3.63) is 24.8 Å². The quantitative estimate of drug-likeness (QED) is 0.461. The molecule has 0 aromatic heterocycles. The lowest BCUT2D eigenvalue weighted by Crippen LogP contribution is -2.99. The van der Waals surface area contributed by atoms with E-state index in [-0.39, 0.29) is 0 Å². The molecule has 14 fully saturated rings. The predicted octanol–water partition coefficient (Wildman–Crippen LogP) is 1.14. The third-order valence-corrected chi connectivity index (χ3v) is 18.9. The lowest BCUT2D eigenvalue weighted by molar-refractivity contribution is -1.14. The summed E-state index contributed by atoms with van der Waals surface area (Å²) in [4.78, 5) is 10.8. The average Bonchev–Trinajstić information content (AvgIpc) is 3.41. The molecule has 0 aromatic rings. The first-order valence-electron chi connectivity index (χ1n) is 16.7. The van der Waals surface area contributed by atoms with E-state index in [0.29, 0.717) is 12.7 Å². The molecule has 2 spiro atoms. The van der Waals surface area contributed by atoms with Crippen LogP contribution in [0.4, 0.5) is 0 Å². The largest absolute Gasteiger partial charge is 0.348 e. The third-order valence-electron chi connectivity index (χ3n) is 18.9. The van der Waals surface area contributed by atoms with Gasteiger partial charge in [-0.05, 0) is 65.1 Å². The van der Waals surface area contributed by atoms with Crippen molar-refractivity contribution in [1.29, 1.82) is 0 Å². The van der Waals surface area contributed by atoms with Crippen molar-refractivity contribution in [3.63, 3.8) is 0 Å². The van der Waals surface area contributed by atoms with Gasteiger partial charge in [-0.3, -0.25) is 4.99 Å². The normalized spacial score (nSPS) is 83.5. The number of hydrogen-bond acceptors (Lipinski definition) is 4. The Morgan fingerprint density at radius 2 is 1.11 bits per heavy atom. The summed E-state index contributed by atoms with van der Waals surface area (Å²) in [5.41, 5.74) is 5.94. The molecular formula is C32H38N6+2. The van der Waals surface area contributed by atoms with Crippen molar-refractivity contribution in [2.75, 3.05) is 13.1 Å². The number of nitrogens with two attached hydrogens (primary N) is 1. The van der Waals surface area contributed by atoms with Gasteiger partial charge in [0.1, 0.15) is 36.4 Å². The zero-order valence-corrected chi connectivity index (χ0v) is 22.0. The summed E-state index contributed by atoms with van der Waals surface area (Å²) in [5, 5.41) is 0. The number of aliphatic imine (C=N–C) groups is 1. The van der Waals surface area contributed by atoms with Gasteiger partial charge in [-0.2, -0.15) is 0 Å². The predicted molar refractivity (Wildman–Crippen MR) is 137 cm³/mol. The van der Waals surface area contributed by atoms with E-state index in [1.165, 1.54) is 26.7 Å². The van der Waals surface area contributed by atoms with Gasteiger partial charge in [-0.15, -0.1) is 0 Å². The minimum atomic E-state index is 0.353. The Bertz CT molecular complexity index is 1390. The maximum absolute atomic E-state index is 5.94. The van der Waals surface area contributed by atoms with Gasteiger partial charge < -0.3 is 15.5 Å². The first-order chi connectivity index (χ1) is 18.8. The molecule has 6 bridgehead atoms. The molecule has 6 heteroatoms. The minimum absolute atomic E-state index is 0.353. The van der Waals surface area contributed by atoms with Crippen LogP contribution in [0.25, 0.3) is 0 Å². The van der Waals surface area contributed by atoms with Crippen LogP contribution in [0.1, 0.15) is 6.92 Å². The van der Waals surface area contributed by atoms with Crippen molar-refractivity contribution >= 4 is 6.21 Å². The first-order valence-corrected chi connectivity index (χ1v) is 16.7. The van der Waals surface area contributed by atoms with E-state index in [4.69, 9.17) is 10.7 Å². The van der Waals surface area contributed by atoms with Crippen LogP contribution in [0.3, 0.4) is 0 Å². The van der Waals surface area contributed by atoms with Crippen LogP contribution in [0, 0.1) is 94.7 Å². The van der Waals surface area contributed by atoms with E-state index >= 15 is 0 Å². The highest BCUT2D eigenvalue weighted by Gasteiger charge is 3.02. The van der Waals surface area contributed by atoms with Gasteiger partial charge >= 0.3 is 0 Å². The fourth-order valence-corrected chi connectivity index (χ4v) is 19.6. The lowest BCUT2D eigenvalue weighted by Gasteiger charge is -2.93. The number of nitrogens with zero attached hydrogens (tertiary/aromatic N) is 5. The number of quaternary nitrogens is 2. The molecule has 2 N–H and O–H groups in total. The molecule has 6 nitrogen and oxygen atoms in total. The molecule has 8 aliphatic carbocycles. The van der Waals surface area contributed by atoms with E-state index < -0.39 is 0 Å². The van der Waals surface area contributed by atoms with E-state index in [2.05, 4.69) is 47.7 Å². The average molecular weight is 507 g/mol. The second-order valence-corrected chi connectivity index (χ2v) is 17.4. The molecule has 8 heterocycles. The molecule has 8 aliphatic heterocycles. The van der Waals surface area contributed by atoms with Crippen molar-refractivity contribution in [2.45, 2.75) is 55.5 Å². The number of rotatable bonds is 3. The number of hydrogen-bond donors (Lipinski definition) is 1. The summed E-state index contributed by atoms with van der Waals surface area (Å²) >= 11 is 0. The first kappa shape index (κ1) is 18.1. The van der Waals surface area contributed by atoms with Crippen LogP contribution >= 0.6 is 0 Å². The Kier molecular flexibility index (Phi) is 2.18. The minimum Gasteiger partial charge on any atom is -0.348 e. The molecule has 0 amide bonds. The van der Waals surface area contributed by atoms with Gasteiger partial charge in [0.25, 0.3) is 0 Å². The Hall–Kier alpha value is -1.37. The molecule has 0 aromatic carbocycles. The van der Waals surface area contributed by atoms with E-state index in [1.54, 1.807) is 0 Å². The van der Waals surface area contributed by atoms with Crippen LogP contribution in [-0.4, -0.2) is 86.7 Å². The van der Waals surface area contributed by atoms with Gasteiger partial charge in [0.05, 0.1) is 12.5 Å². The standard InChI is InChI=1S/C32H38N6/c1-9-37-6-7-38(9)31-24-18-14-12-11-13-15-19-21-17(11)20(18)27(21)35-4-5-36(10(35)8-34-3-2-33)28(31)32(38)25(19)23(15)30(37)26(16(12)13)29(37)22(14)24/h4-32H,2-3,33H2,1H3/q+2/t9?,10?,11?,12-,13?,14-,15?,16?,17?,18-,19?,20?,21?,22-,23?,24?,25?,26?,27?,28?,29+,30?,31-,32?,37?,38?/m1/s1. The van der Waals surface area contributed by atoms with Gasteiger partial charge in [0.2, 0.25) is 6.17 Å². The molecule has 16 rings (SSSR count). The second-order valence-electron chi connectivity index (χ2n) is 17.4. The van der Waals surface area contributed by atoms with Crippen LogP contribution in [-0.2, 0) is 0 Å². The fourth-order valence-electron chi connectivity index (χ4n) is 19.6. The van der Waals surface area contributed by atoms with E-state index in [1.807, 2.05) is 0 Å². The fraction of sp³-hybridized carbons (Fsp3) is 0.844. The molecule has 16 aliphatic rings. The van der Waals surface area contributed by atoms with Crippen molar-refractivity contribution < 1.29 is 8.97 Å². The molecular weight excluding hydrogens is 468 g/mol. The lowest BCUT2D eigenvalue weighted by atomic mass is 9.12. The molecule has 8 saturated carbocycles. The zero-order valence-electron chi connectivity index (χ0n) is 22.0. The summed E-state index contributed by atoms with van der Waals surface area (Å²) in [6.45, 7) is 4.22. The SMILES string of the molecule is CC1[N+]23C=C[N+]14C1C5C6C7C8C9C%10C6C6C1[C@@H]4[C@H]1C4[C@@H](C9C8N8C=CN(C(C2C75)[C@@H]43)C8C=NCCN)[C@H]1[C@@H]%106. The van der Waals surface area contributed by atoms with Gasteiger partial charge in [0, 0.05) is 61.8 Å². The van der Waals surface area contributed by atoms with Crippen LogP contribution in [0.2, 0.25) is 0 Å². The topological polar surface area (TPSA) is 44.9 Å². The Morgan fingerprint density at radius 1 is 0.632 bits per heavy atom. The maximum Gasteiger partial charge on any atom is 0.223 e. The molecule has 194 valence electrons. The summed E-state index contributed by atoms with van der Waals surface area (Å²) in [7, 11) is 0. The van der Waals surface area contributed by atoms with Gasteiger partial charge in [0.15, 0.2) is 12.4 Å². The molecule has 20 unspecified atom stereocenters. The highest BCUT2D eigenvalue weighted by Crippen LogP contribution is 2.95. The van der Waals surface area contributed by atoms with Gasteiger partial charge in [-0.25, -0.2) is 8.97 Å². The van der Waals surface area contributed by atoms with Gasteiger partial charge in [-0.1, -0.05) is 0 Å². The Labute approximate surface area is 223 Å². The van der Waals surface area contributed by atoms with Crippen molar-refractivity contribution in [2.24, 2.45) is 105 Å². The monoisotopic (exact) mass is 506 g/mol.